The van der Waals surface area contributed by atoms with Gasteiger partial charge in [-0.25, -0.2) is 0 Å². The van der Waals surface area contributed by atoms with E-state index in [-0.39, 0.29) is 12.1 Å². The summed E-state index contributed by atoms with van der Waals surface area (Å²) in [5, 5.41) is 3.28. The fourth-order valence-electron chi connectivity index (χ4n) is 1.09. The van der Waals surface area contributed by atoms with Gasteiger partial charge < -0.3 is 11.1 Å². The van der Waals surface area contributed by atoms with Gasteiger partial charge in [0.15, 0.2) is 0 Å². The van der Waals surface area contributed by atoms with Crippen LogP contribution in [0.15, 0.2) is 24.4 Å². The van der Waals surface area contributed by atoms with Crippen molar-refractivity contribution in [3.05, 3.63) is 24.4 Å². The molecule has 2 heteroatoms. The van der Waals surface area contributed by atoms with E-state index < -0.39 is 0 Å². The summed E-state index contributed by atoms with van der Waals surface area (Å²) in [5.41, 5.74) is 8.04. The quantitative estimate of drug-likeness (QED) is 0.640. The first-order valence-corrected chi connectivity index (χ1v) is 5.26. The molecule has 3 unspecified atom stereocenters. The van der Waals surface area contributed by atoms with Gasteiger partial charge in [-0.2, -0.15) is 0 Å². The molecule has 0 rings (SSSR count). The van der Waals surface area contributed by atoms with Crippen LogP contribution in [0.1, 0.15) is 34.1 Å². The van der Waals surface area contributed by atoms with E-state index in [1.54, 1.807) is 0 Å². The van der Waals surface area contributed by atoms with Gasteiger partial charge in [0, 0.05) is 17.8 Å². The Morgan fingerprint density at radius 2 is 1.86 bits per heavy atom. The van der Waals surface area contributed by atoms with Gasteiger partial charge in [-0.1, -0.05) is 39.0 Å². The summed E-state index contributed by atoms with van der Waals surface area (Å²) in [6.45, 7) is 16.2. The molecule has 0 saturated carbocycles. The molecule has 0 aliphatic carbocycles. The second-order valence-corrected chi connectivity index (χ2v) is 4.15. The van der Waals surface area contributed by atoms with E-state index >= 15 is 0 Å². The van der Waals surface area contributed by atoms with Crippen molar-refractivity contribution >= 4 is 0 Å². The first kappa shape index (κ1) is 13.2. The third-order valence-corrected chi connectivity index (χ3v) is 2.80. The maximum atomic E-state index is 6.03. The molecule has 0 aromatic carbocycles. The SMILES string of the molecule is C=C(C)C(C)NC(=C)C(N)C(C)CC. The zero-order chi connectivity index (χ0) is 11.3. The third kappa shape index (κ3) is 3.97. The molecule has 0 aromatic rings. The Hall–Kier alpha value is -0.760. The zero-order valence-corrected chi connectivity index (χ0v) is 9.93. The molecular formula is C12H24N2. The van der Waals surface area contributed by atoms with E-state index in [2.05, 4.69) is 39.2 Å². The number of rotatable bonds is 6. The van der Waals surface area contributed by atoms with Crippen molar-refractivity contribution in [2.75, 3.05) is 0 Å². The van der Waals surface area contributed by atoms with Crippen LogP contribution in [0, 0.1) is 5.92 Å². The van der Waals surface area contributed by atoms with E-state index in [1.807, 2.05) is 6.92 Å². The van der Waals surface area contributed by atoms with Crippen LogP contribution >= 0.6 is 0 Å². The Kier molecular flexibility index (Phi) is 5.55. The second-order valence-electron chi connectivity index (χ2n) is 4.15. The predicted octanol–water partition coefficient (Wildman–Crippen LogP) is 2.43. The molecule has 0 aliphatic heterocycles. The average Bonchev–Trinajstić information content (AvgIpc) is 2.14. The minimum absolute atomic E-state index is 0.0294. The van der Waals surface area contributed by atoms with E-state index in [0.29, 0.717) is 5.92 Å². The molecule has 0 fully saturated rings. The highest BCUT2D eigenvalue weighted by atomic mass is 15.0. The van der Waals surface area contributed by atoms with Crippen LogP contribution in [0.2, 0.25) is 0 Å². The van der Waals surface area contributed by atoms with Crippen molar-refractivity contribution in [2.45, 2.75) is 46.2 Å². The molecule has 0 aromatic heterocycles. The van der Waals surface area contributed by atoms with Gasteiger partial charge in [0.05, 0.1) is 0 Å². The molecule has 0 bridgehead atoms. The van der Waals surface area contributed by atoms with Crippen molar-refractivity contribution in [2.24, 2.45) is 11.7 Å². The van der Waals surface area contributed by atoms with Crippen LogP contribution in [0.25, 0.3) is 0 Å². The third-order valence-electron chi connectivity index (χ3n) is 2.80. The predicted molar refractivity (Wildman–Crippen MR) is 64.0 cm³/mol. The summed E-state index contributed by atoms with van der Waals surface area (Å²) in [5.74, 6) is 0.465. The molecule has 0 amide bonds. The number of hydrogen-bond acceptors (Lipinski definition) is 2. The van der Waals surface area contributed by atoms with Crippen molar-refractivity contribution in [1.29, 1.82) is 0 Å². The van der Waals surface area contributed by atoms with E-state index in [1.165, 1.54) is 0 Å². The summed E-state index contributed by atoms with van der Waals surface area (Å²) in [4.78, 5) is 0. The lowest BCUT2D eigenvalue weighted by Crippen LogP contribution is -2.39. The fraction of sp³-hybridized carbons (Fsp3) is 0.667. The summed E-state index contributed by atoms with van der Waals surface area (Å²) in [6.07, 6.45) is 1.07. The largest absolute Gasteiger partial charge is 0.381 e. The van der Waals surface area contributed by atoms with Gasteiger partial charge in [-0.15, -0.1) is 0 Å². The number of hydrogen-bond donors (Lipinski definition) is 2. The van der Waals surface area contributed by atoms with Crippen LogP contribution in [-0.2, 0) is 0 Å². The topological polar surface area (TPSA) is 38.0 Å². The molecule has 3 N–H and O–H groups in total. The van der Waals surface area contributed by atoms with Gasteiger partial charge in [0.2, 0.25) is 0 Å². The summed E-state index contributed by atoms with van der Waals surface area (Å²) in [6, 6.07) is 0.277. The lowest BCUT2D eigenvalue weighted by Gasteiger charge is -2.25. The molecule has 0 saturated heterocycles. The van der Waals surface area contributed by atoms with Gasteiger partial charge in [-0.3, -0.25) is 0 Å². The second kappa shape index (κ2) is 5.86. The number of nitrogens with two attached hydrogens (primary N) is 1. The van der Waals surface area contributed by atoms with E-state index in [0.717, 1.165) is 17.7 Å². The van der Waals surface area contributed by atoms with Crippen LogP contribution in [0.4, 0.5) is 0 Å². The van der Waals surface area contributed by atoms with Gasteiger partial charge in [-0.05, 0) is 19.8 Å². The molecule has 82 valence electrons. The lowest BCUT2D eigenvalue weighted by molar-refractivity contribution is 0.459. The van der Waals surface area contributed by atoms with E-state index in [4.69, 9.17) is 5.73 Å². The molecule has 0 spiro atoms. The van der Waals surface area contributed by atoms with Crippen LogP contribution in [0.5, 0.6) is 0 Å². The molecule has 0 radical (unpaired) electrons. The van der Waals surface area contributed by atoms with E-state index in [9.17, 15) is 0 Å². The molecular weight excluding hydrogens is 172 g/mol. The Labute approximate surface area is 88.3 Å². The molecule has 2 nitrogen and oxygen atoms in total. The van der Waals surface area contributed by atoms with Gasteiger partial charge >= 0.3 is 0 Å². The normalized spacial score (nSPS) is 16.9. The highest BCUT2D eigenvalue weighted by Crippen LogP contribution is 2.11. The monoisotopic (exact) mass is 196 g/mol. The Morgan fingerprint density at radius 3 is 2.21 bits per heavy atom. The van der Waals surface area contributed by atoms with Crippen molar-refractivity contribution in [3.63, 3.8) is 0 Å². The van der Waals surface area contributed by atoms with Crippen molar-refractivity contribution in [3.8, 4) is 0 Å². The zero-order valence-electron chi connectivity index (χ0n) is 9.93. The minimum atomic E-state index is 0.0294. The Bertz CT molecular complexity index is 208. The highest BCUT2D eigenvalue weighted by Gasteiger charge is 2.15. The fourth-order valence-corrected chi connectivity index (χ4v) is 1.09. The van der Waals surface area contributed by atoms with Crippen LogP contribution in [0.3, 0.4) is 0 Å². The summed E-state index contributed by atoms with van der Waals surface area (Å²) in [7, 11) is 0. The smallest absolute Gasteiger partial charge is 0.0464 e. The molecule has 0 aliphatic rings. The first-order valence-electron chi connectivity index (χ1n) is 5.26. The standard InChI is InChI=1S/C12H24N2/c1-7-9(4)12(13)11(6)14-10(5)8(2)3/h9-10,12,14H,2,6-7,13H2,1,3-5H3. The maximum Gasteiger partial charge on any atom is 0.0464 e. The minimum Gasteiger partial charge on any atom is -0.381 e. The van der Waals surface area contributed by atoms with Crippen molar-refractivity contribution in [1.82, 2.24) is 5.32 Å². The lowest BCUT2D eigenvalue weighted by atomic mass is 9.97. The van der Waals surface area contributed by atoms with Gasteiger partial charge in [0.25, 0.3) is 0 Å². The first-order chi connectivity index (χ1) is 6.40. The highest BCUT2D eigenvalue weighted by molar-refractivity contribution is 5.10. The molecule has 14 heavy (non-hydrogen) atoms. The Morgan fingerprint density at radius 1 is 1.36 bits per heavy atom. The summed E-state index contributed by atoms with van der Waals surface area (Å²) >= 11 is 0. The molecule has 0 heterocycles. The van der Waals surface area contributed by atoms with Gasteiger partial charge in [0.1, 0.15) is 0 Å². The molecule has 3 atom stereocenters. The maximum absolute atomic E-state index is 6.03. The Balaban J connectivity index is 4.14. The van der Waals surface area contributed by atoms with Crippen LogP contribution in [-0.4, -0.2) is 12.1 Å². The number of nitrogens with one attached hydrogen (secondary N) is 1. The summed E-state index contributed by atoms with van der Waals surface area (Å²) < 4.78 is 0. The van der Waals surface area contributed by atoms with Crippen LogP contribution < -0.4 is 11.1 Å². The average molecular weight is 196 g/mol. The van der Waals surface area contributed by atoms with Crippen molar-refractivity contribution < 1.29 is 0 Å².